The fourth-order valence-corrected chi connectivity index (χ4v) is 2.92. The van der Waals surface area contributed by atoms with Gasteiger partial charge in [-0.1, -0.05) is 11.8 Å². The summed E-state index contributed by atoms with van der Waals surface area (Å²) in [6, 6.07) is 2.51. The number of rotatable bonds is 4. The molecule has 1 heterocycles. The molecule has 2 rings (SSSR count). The maximum absolute atomic E-state index is 13.8. The lowest BCUT2D eigenvalue weighted by atomic mass is 10.2. The molecule has 0 aliphatic carbocycles. The average Bonchev–Trinajstić information content (AvgIpc) is 2.74. The van der Waals surface area contributed by atoms with Crippen molar-refractivity contribution in [1.29, 1.82) is 0 Å². The molecular formula is C11H10BrF2N3OS. The van der Waals surface area contributed by atoms with Crippen molar-refractivity contribution in [2.24, 2.45) is 0 Å². The van der Waals surface area contributed by atoms with Crippen molar-refractivity contribution in [3.8, 4) is 0 Å². The third kappa shape index (κ3) is 2.89. The first kappa shape index (κ1) is 14.3. The maximum atomic E-state index is 13.8. The molecule has 0 atom stereocenters. The van der Waals surface area contributed by atoms with Gasteiger partial charge in [-0.2, -0.15) is 0 Å². The molecule has 0 amide bonds. The lowest BCUT2D eigenvalue weighted by Crippen LogP contribution is -2.16. The van der Waals surface area contributed by atoms with E-state index in [2.05, 4.69) is 26.1 Å². The number of H-pyrrole nitrogens is 1. The normalized spacial score (nSPS) is 10.9. The SMILES string of the molecule is CCn1c(SCc2c(F)ccc(Br)c2F)n[nH]c1=O. The van der Waals surface area contributed by atoms with Crippen LogP contribution in [0.5, 0.6) is 0 Å². The number of halogens is 3. The molecule has 0 spiro atoms. The molecule has 0 fully saturated rings. The number of hydrogen-bond donors (Lipinski definition) is 1. The average molecular weight is 350 g/mol. The predicted molar refractivity (Wildman–Crippen MR) is 72.1 cm³/mol. The van der Waals surface area contributed by atoms with Gasteiger partial charge in [-0.25, -0.2) is 18.7 Å². The fraction of sp³-hybridized carbons (Fsp3) is 0.273. The van der Waals surface area contributed by atoms with Gasteiger partial charge in [-0.15, -0.1) is 5.10 Å². The van der Waals surface area contributed by atoms with Crippen LogP contribution < -0.4 is 5.69 Å². The summed E-state index contributed by atoms with van der Waals surface area (Å²) in [5.74, 6) is -1.19. The molecule has 1 aromatic carbocycles. The van der Waals surface area contributed by atoms with E-state index in [0.29, 0.717) is 11.7 Å². The Morgan fingerprint density at radius 2 is 2.21 bits per heavy atom. The van der Waals surface area contributed by atoms with Crippen LogP contribution in [0, 0.1) is 11.6 Å². The number of thioether (sulfide) groups is 1. The summed E-state index contributed by atoms with van der Waals surface area (Å²) in [4.78, 5) is 11.3. The number of benzene rings is 1. The highest BCUT2D eigenvalue weighted by Gasteiger charge is 2.14. The quantitative estimate of drug-likeness (QED) is 0.682. The van der Waals surface area contributed by atoms with Gasteiger partial charge in [0.15, 0.2) is 5.16 Å². The van der Waals surface area contributed by atoms with E-state index in [1.807, 2.05) is 0 Å². The predicted octanol–water partition coefficient (Wildman–Crippen LogP) is 2.92. The zero-order valence-corrected chi connectivity index (χ0v) is 12.3. The molecule has 4 nitrogen and oxygen atoms in total. The fourth-order valence-electron chi connectivity index (χ4n) is 1.53. The van der Waals surface area contributed by atoms with Crippen LogP contribution in [0.2, 0.25) is 0 Å². The van der Waals surface area contributed by atoms with E-state index >= 15 is 0 Å². The van der Waals surface area contributed by atoms with Crippen LogP contribution in [-0.2, 0) is 12.3 Å². The highest BCUT2D eigenvalue weighted by atomic mass is 79.9. The number of nitrogens with one attached hydrogen (secondary N) is 1. The van der Waals surface area contributed by atoms with Crippen LogP contribution in [0.25, 0.3) is 0 Å². The number of aromatic nitrogens is 3. The van der Waals surface area contributed by atoms with Crippen LogP contribution in [0.3, 0.4) is 0 Å². The van der Waals surface area contributed by atoms with Gasteiger partial charge in [0.2, 0.25) is 0 Å². The summed E-state index contributed by atoms with van der Waals surface area (Å²) in [5.41, 5.74) is -0.377. The maximum Gasteiger partial charge on any atom is 0.343 e. The summed E-state index contributed by atoms with van der Waals surface area (Å²) in [7, 11) is 0. The third-order valence-electron chi connectivity index (χ3n) is 2.52. The molecule has 0 bridgehead atoms. The second-order valence-electron chi connectivity index (χ2n) is 3.67. The van der Waals surface area contributed by atoms with Crippen molar-refractivity contribution >= 4 is 27.7 Å². The zero-order valence-electron chi connectivity index (χ0n) is 9.91. The number of aromatic amines is 1. The molecule has 1 N–H and O–H groups in total. The minimum atomic E-state index is -0.631. The van der Waals surface area contributed by atoms with Gasteiger partial charge < -0.3 is 0 Å². The Kier molecular flexibility index (Phi) is 4.41. The Balaban J connectivity index is 2.24. The van der Waals surface area contributed by atoms with Gasteiger partial charge in [0, 0.05) is 17.9 Å². The Bertz CT molecular complexity index is 656. The summed E-state index contributed by atoms with van der Waals surface area (Å²) in [6.07, 6.45) is 0. The first-order chi connectivity index (χ1) is 9.04. The van der Waals surface area contributed by atoms with Crippen molar-refractivity contribution < 1.29 is 8.78 Å². The van der Waals surface area contributed by atoms with Crippen LogP contribution in [-0.4, -0.2) is 14.8 Å². The standard InChI is InChI=1S/C11H10BrF2N3OS/c1-2-17-10(18)15-16-11(17)19-5-6-8(13)4-3-7(12)9(6)14/h3-4H,2,5H2,1H3,(H,15,18). The molecule has 0 saturated heterocycles. The van der Waals surface area contributed by atoms with E-state index < -0.39 is 11.6 Å². The second-order valence-corrected chi connectivity index (χ2v) is 5.46. The van der Waals surface area contributed by atoms with Gasteiger partial charge in [-0.05, 0) is 35.0 Å². The minimum Gasteiger partial charge on any atom is -0.270 e. The largest absolute Gasteiger partial charge is 0.343 e. The molecule has 102 valence electrons. The Labute approximate surface area is 120 Å². The lowest BCUT2D eigenvalue weighted by molar-refractivity contribution is 0.561. The van der Waals surface area contributed by atoms with Crippen LogP contribution in [0.15, 0.2) is 26.6 Å². The second kappa shape index (κ2) is 5.87. The van der Waals surface area contributed by atoms with Crippen LogP contribution in [0.4, 0.5) is 8.78 Å². The summed E-state index contributed by atoms with van der Waals surface area (Å²) in [5, 5.41) is 6.53. The van der Waals surface area contributed by atoms with Crippen molar-refractivity contribution in [1.82, 2.24) is 14.8 Å². The number of nitrogens with zero attached hydrogens (tertiary/aromatic N) is 2. The summed E-state index contributed by atoms with van der Waals surface area (Å²) < 4.78 is 28.9. The molecule has 8 heteroatoms. The Morgan fingerprint density at radius 1 is 1.47 bits per heavy atom. The van der Waals surface area contributed by atoms with Gasteiger partial charge in [-0.3, -0.25) is 4.57 Å². The number of hydrogen-bond acceptors (Lipinski definition) is 3. The van der Waals surface area contributed by atoms with Gasteiger partial charge in [0.1, 0.15) is 11.6 Å². The molecule has 0 aliphatic heterocycles. The molecule has 0 aliphatic rings. The van der Waals surface area contributed by atoms with Gasteiger partial charge in [0.25, 0.3) is 0 Å². The minimum absolute atomic E-state index is 0.0440. The van der Waals surface area contributed by atoms with E-state index in [0.717, 1.165) is 11.8 Å². The lowest BCUT2D eigenvalue weighted by Gasteiger charge is -2.06. The van der Waals surface area contributed by atoms with Crippen LogP contribution >= 0.6 is 27.7 Å². The van der Waals surface area contributed by atoms with E-state index in [9.17, 15) is 13.6 Å². The monoisotopic (exact) mass is 349 g/mol. The van der Waals surface area contributed by atoms with Gasteiger partial charge in [0.05, 0.1) is 4.47 Å². The first-order valence-electron chi connectivity index (χ1n) is 5.45. The molecule has 0 saturated carbocycles. The topological polar surface area (TPSA) is 50.7 Å². The zero-order chi connectivity index (χ0) is 14.0. The molecule has 1 aromatic heterocycles. The molecule has 0 unspecified atom stereocenters. The smallest absolute Gasteiger partial charge is 0.270 e. The first-order valence-corrected chi connectivity index (χ1v) is 7.22. The Morgan fingerprint density at radius 3 is 2.89 bits per heavy atom. The molecule has 19 heavy (non-hydrogen) atoms. The van der Waals surface area contributed by atoms with E-state index in [-0.39, 0.29) is 21.5 Å². The molecule has 0 radical (unpaired) electrons. The van der Waals surface area contributed by atoms with E-state index in [4.69, 9.17) is 0 Å². The van der Waals surface area contributed by atoms with Gasteiger partial charge >= 0.3 is 5.69 Å². The van der Waals surface area contributed by atoms with Crippen molar-refractivity contribution in [2.75, 3.05) is 0 Å². The third-order valence-corrected chi connectivity index (χ3v) is 4.14. The summed E-state index contributed by atoms with van der Waals surface area (Å²) >= 11 is 4.11. The van der Waals surface area contributed by atoms with Crippen LogP contribution in [0.1, 0.15) is 12.5 Å². The molecular weight excluding hydrogens is 340 g/mol. The highest BCUT2D eigenvalue weighted by Crippen LogP contribution is 2.27. The van der Waals surface area contributed by atoms with E-state index in [1.165, 1.54) is 16.7 Å². The Hall–Kier alpha value is -1.15. The van der Waals surface area contributed by atoms with Crippen molar-refractivity contribution in [3.05, 3.63) is 44.3 Å². The van der Waals surface area contributed by atoms with Crippen molar-refractivity contribution in [3.63, 3.8) is 0 Å². The van der Waals surface area contributed by atoms with Crippen molar-refractivity contribution in [2.45, 2.75) is 24.4 Å². The summed E-state index contributed by atoms with van der Waals surface area (Å²) in [6.45, 7) is 2.24. The molecule has 2 aromatic rings. The van der Waals surface area contributed by atoms with E-state index in [1.54, 1.807) is 6.92 Å². The highest BCUT2D eigenvalue weighted by molar-refractivity contribution is 9.10.